The quantitative estimate of drug-likeness (QED) is 0.541. The highest BCUT2D eigenvalue weighted by Gasteiger charge is 2.11. The first-order valence-electron chi connectivity index (χ1n) is 3.94. The molecule has 1 heterocycles. The van der Waals surface area contributed by atoms with E-state index in [9.17, 15) is 9.59 Å². The molecule has 0 N–H and O–H groups in total. The molecule has 1 aromatic heterocycles. The van der Waals surface area contributed by atoms with Crippen LogP contribution in [0.5, 0.6) is 0 Å². The first-order chi connectivity index (χ1) is 6.61. The predicted molar refractivity (Wildman–Crippen MR) is 54.8 cm³/mol. The SMILES string of the molecule is COC(=O)c1ccc(SC)c(=O)n1C. The van der Waals surface area contributed by atoms with E-state index in [1.807, 2.05) is 6.26 Å². The van der Waals surface area contributed by atoms with Gasteiger partial charge in [0.1, 0.15) is 5.69 Å². The summed E-state index contributed by atoms with van der Waals surface area (Å²) < 4.78 is 5.83. The number of nitrogens with zero attached hydrogens (tertiary/aromatic N) is 1. The topological polar surface area (TPSA) is 48.3 Å². The first-order valence-corrected chi connectivity index (χ1v) is 5.16. The lowest BCUT2D eigenvalue weighted by Crippen LogP contribution is -2.24. The molecule has 0 unspecified atom stereocenters. The number of carbonyl (C=O) groups is 1. The van der Waals surface area contributed by atoms with E-state index in [1.165, 1.54) is 23.4 Å². The number of hydrogen-bond donors (Lipinski definition) is 0. The van der Waals surface area contributed by atoms with Crippen LogP contribution in [0.4, 0.5) is 0 Å². The number of ether oxygens (including phenoxy) is 1. The minimum absolute atomic E-state index is 0.180. The highest BCUT2D eigenvalue weighted by Crippen LogP contribution is 2.09. The monoisotopic (exact) mass is 213 g/mol. The molecule has 0 bridgehead atoms. The molecular weight excluding hydrogens is 202 g/mol. The van der Waals surface area contributed by atoms with Crippen LogP contribution in [0, 0.1) is 0 Å². The molecule has 0 aliphatic heterocycles. The lowest BCUT2D eigenvalue weighted by atomic mass is 10.3. The van der Waals surface area contributed by atoms with E-state index in [-0.39, 0.29) is 11.3 Å². The molecular formula is C9H11NO3S. The van der Waals surface area contributed by atoms with E-state index >= 15 is 0 Å². The number of aromatic nitrogens is 1. The van der Waals surface area contributed by atoms with Crippen molar-refractivity contribution in [3.05, 3.63) is 28.2 Å². The van der Waals surface area contributed by atoms with E-state index in [1.54, 1.807) is 19.2 Å². The van der Waals surface area contributed by atoms with Crippen molar-refractivity contribution in [2.45, 2.75) is 4.90 Å². The summed E-state index contributed by atoms with van der Waals surface area (Å²) in [5, 5.41) is 0. The van der Waals surface area contributed by atoms with Crippen molar-refractivity contribution in [1.29, 1.82) is 0 Å². The van der Waals surface area contributed by atoms with Crippen molar-refractivity contribution in [3.8, 4) is 0 Å². The second kappa shape index (κ2) is 4.32. The van der Waals surface area contributed by atoms with E-state index in [4.69, 9.17) is 0 Å². The Hall–Kier alpha value is -1.23. The van der Waals surface area contributed by atoms with Crippen LogP contribution in [-0.4, -0.2) is 23.9 Å². The molecule has 1 aromatic rings. The molecule has 0 saturated heterocycles. The third-order valence-electron chi connectivity index (χ3n) is 1.88. The summed E-state index contributed by atoms with van der Waals surface area (Å²) in [4.78, 5) is 23.4. The third-order valence-corrected chi connectivity index (χ3v) is 2.63. The number of hydrogen-bond acceptors (Lipinski definition) is 4. The third kappa shape index (κ3) is 1.82. The Balaban J connectivity index is 3.31. The van der Waals surface area contributed by atoms with Gasteiger partial charge < -0.3 is 9.30 Å². The maximum atomic E-state index is 11.6. The zero-order valence-corrected chi connectivity index (χ0v) is 9.05. The van der Waals surface area contributed by atoms with Crippen molar-refractivity contribution in [1.82, 2.24) is 4.57 Å². The molecule has 0 aliphatic carbocycles. The normalized spacial score (nSPS) is 9.93. The standard InChI is InChI=1S/C9H11NO3S/c1-10-6(9(12)13-2)4-5-7(14-3)8(10)11/h4-5H,1-3H3. The number of carbonyl (C=O) groups excluding carboxylic acids is 1. The molecule has 0 fully saturated rings. The Labute approximate surface area is 85.9 Å². The van der Waals surface area contributed by atoms with Crippen molar-refractivity contribution >= 4 is 17.7 Å². The van der Waals surface area contributed by atoms with Crippen LogP contribution in [0.3, 0.4) is 0 Å². The molecule has 0 spiro atoms. The van der Waals surface area contributed by atoms with Crippen LogP contribution in [0.1, 0.15) is 10.5 Å². The van der Waals surface area contributed by atoms with Gasteiger partial charge in [-0.05, 0) is 18.4 Å². The van der Waals surface area contributed by atoms with Crippen molar-refractivity contribution in [2.24, 2.45) is 7.05 Å². The summed E-state index contributed by atoms with van der Waals surface area (Å²) in [5.41, 5.74) is 0.0794. The number of methoxy groups -OCH3 is 1. The maximum Gasteiger partial charge on any atom is 0.354 e. The predicted octanol–water partition coefficient (Wildman–Crippen LogP) is 0.894. The molecule has 5 heteroatoms. The van der Waals surface area contributed by atoms with Gasteiger partial charge in [-0.3, -0.25) is 4.79 Å². The molecule has 0 atom stereocenters. The highest BCUT2D eigenvalue weighted by molar-refractivity contribution is 7.98. The summed E-state index contributed by atoms with van der Waals surface area (Å²) >= 11 is 1.35. The largest absolute Gasteiger partial charge is 0.464 e. The minimum Gasteiger partial charge on any atom is -0.464 e. The second-order valence-electron chi connectivity index (χ2n) is 2.64. The Morgan fingerprint density at radius 2 is 2.14 bits per heavy atom. The summed E-state index contributed by atoms with van der Waals surface area (Å²) in [5.74, 6) is -0.503. The summed E-state index contributed by atoms with van der Waals surface area (Å²) in [6.45, 7) is 0. The average Bonchev–Trinajstić information content (AvgIpc) is 2.21. The molecule has 14 heavy (non-hydrogen) atoms. The summed E-state index contributed by atoms with van der Waals surface area (Å²) in [6.07, 6.45) is 1.81. The van der Waals surface area contributed by atoms with Crippen LogP contribution in [0.2, 0.25) is 0 Å². The van der Waals surface area contributed by atoms with Gasteiger partial charge in [0.15, 0.2) is 0 Å². The summed E-state index contributed by atoms with van der Waals surface area (Å²) in [7, 11) is 2.84. The fourth-order valence-corrected chi connectivity index (χ4v) is 1.59. The Morgan fingerprint density at radius 1 is 1.50 bits per heavy atom. The molecule has 0 aliphatic rings. The van der Waals surface area contributed by atoms with Crippen molar-refractivity contribution < 1.29 is 9.53 Å². The van der Waals surface area contributed by atoms with Crippen molar-refractivity contribution in [2.75, 3.05) is 13.4 Å². The van der Waals surface area contributed by atoms with Gasteiger partial charge in [-0.2, -0.15) is 0 Å². The van der Waals surface area contributed by atoms with Gasteiger partial charge in [-0.25, -0.2) is 4.79 Å². The number of thioether (sulfide) groups is 1. The lowest BCUT2D eigenvalue weighted by molar-refractivity contribution is 0.0588. The van der Waals surface area contributed by atoms with E-state index < -0.39 is 5.97 Å². The first kappa shape index (κ1) is 10.8. The molecule has 0 radical (unpaired) electrons. The molecule has 76 valence electrons. The van der Waals surface area contributed by atoms with Gasteiger partial charge in [-0.1, -0.05) is 0 Å². The fraction of sp³-hybridized carbons (Fsp3) is 0.333. The van der Waals surface area contributed by atoms with E-state index in [0.29, 0.717) is 4.90 Å². The smallest absolute Gasteiger partial charge is 0.354 e. The number of esters is 1. The average molecular weight is 213 g/mol. The van der Waals surface area contributed by atoms with Gasteiger partial charge >= 0.3 is 5.97 Å². The minimum atomic E-state index is -0.503. The maximum absolute atomic E-state index is 11.6. The highest BCUT2D eigenvalue weighted by atomic mass is 32.2. The zero-order valence-electron chi connectivity index (χ0n) is 8.23. The molecule has 4 nitrogen and oxygen atoms in total. The van der Waals surface area contributed by atoms with Gasteiger partial charge in [0.05, 0.1) is 12.0 Å². The van der Waals surface area contributed by atoms with Crippen LogP contribution in [-0.2, 0) is 11.8 Å². The van der Waals surface area contributed by atoms with Gasteiger partial charge in [0.25, 0.3) is 5.56 Å². The molecule has 1 rings (SSSR count). The van der Waals surface area contributed by atoms with Crippen LogP contribution in [0.15, 0.2) is 21.8 Å². The van der Waals surface area contributed by atoms with Gasteiger partial charge in [0.2, 0.25) is 0 Å². The molecule has 0 saturated carbocycles. The summed E-state index contributed by atoms with van der Waals surface area (Å²) in [6, 6.07) is 3.21. The van der Waals surface area contributed by atoms with Crippen LogP contribution < -0.4 is 5.56 Å². The van der Waals surface area contributed by atoms with Crippen molar-refractivity contribution in [3.63, 3.8) is 0 Å². The fourth-order valence-electron chi connectivity index (χ4n) is 1.08. The zero-order chi connectivity index (χ0) is 10.7. The molecule has 0 aromatic carbocycles. The van der Waals surface area contributed by atoms with Gasteiger partial charge in [0, 0.05) is 7.05 Å². The Morgan fingerprint density at radius 3 is 2.64 bits per heavy atom. The van der Waals surface area contributed by atoms with Crippen LogP contribution >= 0.6 is 11.8 Å². The number of rotatable bonds is 2. The van der Waals surface area contributed by atoms with E-state index in [0.717, 1.165) is 0 Å². The number of pyridine rings is 1. The van der Waals surface area contributed by atoms with E-state index in [2.05, 4.69) is 4.74 Å². The Kier molecular flexibility index (Phi) is 3.35. The second-order valence-corrected chi connectivity index (χ2v) is 3.49. The Bertz CT molecular complexity index is 411. The lowest BCUT2D eigenvalue weighted by Gasteiger charge is -2.06. The molecule has 0 amide bonds. The van der Waals surface area contributed by atoms with Gasteiger partial charge in [-0.15, -0.1) is 11.8 Å². The van der Waals surface area contributed by atoms with Crippen LogP contribution in [0.25, 0.3) is 0 Å².